The number of benzene rings is 1. The predicted molar refractivity (Wildman–Crippen MR) is 76.7 cm³/mol. The van der Waals surface area contributed by atoms with E-state index in [0.717, 1.165) is 29.8 Å². The maximum absolute atomic E-state index is 11.9. The highest BCUT2D eigenvalue weighted by Gasteiger charge is 2.29. The van der Waals surface area contributed by atoms with Crippen LogP contribution in [0.5, 0.6) is 0 Å². The second-order valence-electron chi connectivity index (χ2n) is 4.66. The van der Waals surface area contributed by atoms with Crippen LogP contribution in [0.25, 0.3) is 0 Å². The fraction of sp³-hybridized carbons (Fsp3) is 0.385. The number of carbonyl (C=O) groups is 1. The van der Waals surface area contributed by atoms with E-state index < -0.39 is 0 Å². The van der Waals surface area contributed by atoms with Crippen molar-refractivity contribution in [1.29, 1.82) is 0 Å². The maximum Gasteiger partial charge on any atom is 0.244 e. The topological polar surface area (TPSA) is 58.4 Å². The van der Waals surface area contributed by atoms with Gasteiger partial charge in [0.25, 0.3) is 0 Å². The van der Waals surface area contributed by atoms with Crippen LogP contribution >= 0.6 is 12.2 Å². The number of nitrogens with one attached hydrogen (secondary N) is 1. The molecule has 1 aliphatic heterocycles. The number of hydrogen-bond acceptors (Lipinski definition) is 3. The third-order valence-corrected chi connectivity index (χ3v) is 3.42. The van der Waals surface area contributed by atoms with Gasteiger partial charge in [0.15, 0.2) is 0 Å². The first kappa shape index (κ1) is 12.8. The molecule has 1 aromatic carbocycles. The van der Waals surface area contributed by atoms with Gasteiger partial charge in [-0.25, -0.2) is 0 Å². The fourth-order valence-corrected chi connectivity index (χ4v) is 2.31. The largest absolute Gasteiger partial charge is 0.389 e. The predicted octanol–water partition coefficient (Wildman–Crippen LogP) is 1.27. The highest BCUT2D eigenvalue weighted by molar-refractivity contribution is 7.80. The van der Waals surface area contributed by atoms with Gasteiger partial charge in [-0.05, 0) is 31.0 Å². The minimum atomic E-state index is -0.176. The molecular formula is C13H17N3OS. The van der Waals surface area contributed by atoms with Crippen molar-refractivity contribution in [3.8, 4) is 0 Å². The van der Waals surface area contributed by atoms with E-state index in [-0.39, 0.29) is 11.9 Å². The molecule has 1 aliphatic rings. The number of amides is 1. The van der Waals surface area contributed by atoms with E-state index in [9.17, 15) is 4.79 Å². The van der Waals surface area contributed by atoms with E-state index in [2.05, 4.69) is 5.32 Å². The first-order valence-electron chi connectivity index (χ1n) is 5.91. The Morgan fingerprint density at radius 1 is 1.56 bits per heavy atom. The van der Waals surface area contributed by atoms with Gasteiger partial charge in [-0.1, -0.05) is 18.3 Å². The smallest absolute Gasteiger partial charge is 0.244 e. The van der Waals surface area contributed by atoms with Crippen molar-refractivity contribution in [3.63, 3.8) is 0 Å². The Morgan fingerprint density at radius 3 is 2.83 bits per heavy atom. The van der Waals surface area contributed by atoms with Gasteiger partial charge in [-0.3, -0.25) is 4.79 Å². The summed E-state index contributed by atoms with van der Waals surface area (Å²) in [5, 5.41) is 3.25. The molecule has 2 rings (SSSR count). The van der Waals surface area contributed by atoms with Gasteiger partial charge in [0.2, 0.25) is 5.91 Å². The molecule has 0 aliphatic carbocycles. The van der Waals surface area contributed by atoms with E-state index >= 15 is 0 Å². The molecule has 1 saturated heterocycles. The van der Waals surface area contributed by atoms with Gasteiger partial charge in [-0.2, -0.15) is 0 Å². The molecule has 0 bridgehead atoms. The van der Waals surface area contributed by atoms with Crippen LogP contribution in [0.2, 0.25) is 0 Å². The summed E-state index contributed by atoms with van der Waals surface area (Å²) in [4.78, 5) is 13.9. The molecule has 1 fully saturated rings. The summed E-state index contributed by atoms with van der Waals surface area (Å²) in [7, 11) is 1.81. The summed E-state index contributed by atoms with van der Waals surface area (Å²) in [6.45, 7) is 2.78. The van der Waals surface area contributed by atoms with Gasteiger partial charge in [0.1, 0.15) is 11.0 Å². The Morgan fingerprint density at radius 2 is 2.28 bits per heavy atom. The number of hydrogen-bond donors (Lipinski definition) is 2. The molecule has 1 aromatic rings. The van der Waals surface area contributed by atoms with Crippen LogP contribution in [-0.2, 0) is 4.79 Å². The number of likely N-dealkylation sites (tertiary alicyclic amines) is 1. The molecule has 1 unspecified atom stereocenters. The van der Waals surface area contributed by atoms with Crippen molar-refractivity contribution in [2.75, 3.05) is 18.9 Å². The standard InChI is InChI=1S/C13H17N3OS/c1-8-3-4-9(12(14)18)11(7-8)15-10-5-6-16(2)13(10)17/h3-4,7,10,15H,5-6H2,1-2H3,(H2,14,18). The third kappa shape index (κ3) is 2.46. The van der Waals surface area contributed by atoms with Crippen molar-refractivity contribution >= 4 is 28.8 Å². The molecule has 0 saturated carbocycles. The number of nitrogens with zero attached hydrogens (tertiary/aromatic N) is 1. The Kier molecular flexibility index (Phi) is 3.52. The molecule has 0 spiro atoms. The number of rotatable bonds is 3. The zero-order valence-corrected chi connectivity index (χ0v) is 11.4. The maximum atomic E-state index is 11.9. The van der Waals surface area contributed by atoms with E-state index in [0.29, 0.717) is 4.99 Å². The highest BCUT2D eigenvalue weighted by atomic mass is 32.1. The van der Waals surface area contributed by atoms with Gasteiger partial charge in [0.05, 0.1) is 0 Å². The molecule has 1 atom stereocenters. The summed E-state index contributed by atoms with van der Waals surface area (Å²) in [5.41, 5.74) is 8.44. The number of carbonyl (C=O) groups excluding carboxylic acids is 1. The average molecular weight is 263 g/mol. The molecule has 0 radical (unpaired) electrons. The molecule has 4 nitrogen and oxygen atoms in total. The Hall–Kier alpha value is -1.62. The summed E-state index contributed by atoms with van der Waals surface area (Å²) in [6.07, 6.45) is 0.806. The fourth-order valence-electron chi connectivity index (χ4n) is 2.14. The third-order valence-electron chi connectivity index (χ3n) is 3.20. The summed E-state index contributed by atoms with van der Waals surface area (Å²) >= 11 is 5.03. The van der Waals surface area contributed by atoms with E-state index in [4.69, 9.17) is 18.0 Å². The highest BCUT2D eigenvalue weighted by Crippen LogP contribution is 2.21. The van der Waals surface area contributed by atoms with Crippen LogP contribution in [0.1, 0.15) is 17.5 Å². The van der Waals surface area contributed by atoms with Crippen molar-refractivity contribution < 1.29 is 4.79 Å². The minimum absolute atomic E-state index is 0.116. The first-order valence-corrected chi connectivity index (χ1v) is 6.32. The lowest BCUT2D eigenvalue weighted by Crippen LogP contribution is -2.31. The zero-order valence-electron chi connectivity index (χ0n) is 10.6. The number of thiocarbonyl (C=S) groups is 1. The Labute approximate surface area is 112 Å². The van der Waals surface area contributed by atoms with Crippen molar-refractivity contribution in [2.24, 2.45) is 5.73 Å². The number of likely N-dealkylation sites (N-methyl/N-ethyl adjacent to an activating group) is 1. The zero-order chi connectivity index (χ0) is 13.3. The second-order valence-corrected chi connectivity index (χ2v) is 5.10. The molecule has 3 N–H and O–H groups in total. The second kappa shape index (κ2) is 4.94. The Balaban J connectivity index is 2.25. The summed E-state index contributed by atoms with van der Waals surface area (Å²) in [6, 6.07) is 5.65. The molecule has 1 amide bonds. The van der Waals surface area contributed by atoms with Gasteiger partial charge < -0.3 is 16.0 Å². The normalized spacial score (nSPS) is 19.1. The number of anilines is 1. The lowest BCUT2D eigenvalue weighted by molar-refractivity contribution is -0.127. The van der Waals surface area contributed by atoms with Crippen LogP contribution in [0.4, 0.5) is 5.69 Å². The first-order chi connectivity index (χ1) is 8.49. The monoisotopic (exact) mass is 263 g/mol. The summed E-state index contributed by atoms with van der Waals surface area (Å²) < 4.78 is 0. The lowest BCUT2D eigenvalue weighted by Gasteiger charge is -2.16. The van der Waals surface area contributed by atoms with Gasteiger partial charge in [-0.15, -0.1) is 0 Å². The van der Waals surface area contributed by atoms with Crippen molar-refractivity contribution in [2.45, 2.75) is 19.4 Å². The van der Waals surface area contributed by atoms with Crippen LogP contribution in [0.15, 0.2) is 18.2 Å². The molecule has 18 heavy (non-hydrogen) atoms. The molecular weight excluding hydrogens is 246 g/mol. The van der Waals surface area contributed by atoms with E-state index in [1.54, 1.807) is 4.90 Å². The number of aryl methyl sites for hydroxylation is 1. The van der Waals surface area contributed by atoms with Crippen molar-refractivity contribution in [1.82, 2.24) is 4.90 Å². The van der Waals surface area contributed by atoms with Crippen LogP contribution < -0.4 is 11.1 Å². The Bertz CT molecular complexity index is 501. The van der Waals surface area contributed by atoms with Crippen LogP contribution in [-0.4, -0.2) is 35.4 Å². The van der Waals surface area contributed by atoms with Crippen LogP contribution in [0.3, 0.4) is 0 Å². The average Bonchev–Trinajstić information content (AvgIpc) is 2.61. The SMILES string of the molecule is Cc1ccc(C(N)=S)c(NC2CCN(C)C2=O)c1. The molecule has 0 aromatic heterocycles. The van der Waals surface area contributed by atoms with E-state index in [1.807, 2.05) is 32.2 Å². The molecule has 1 heterocycles. The quantitative estimate of drug-likeness (QED) is 0.806. The van der Waals surface area contributed by atoms with Gasteiger partial charge >= 0.3 is 0 Å². The molecule has 5 heteroatoms. The summed E-state index contributed by atoms with van der Waals surface area (Å²) in [5.74, 6) is 0.116. The van der Waals surface area contributed by atoms with Gasteiger partial charge in [0, 0.05) is 24.8 Å². The van der Waals surface area contributed by atoms with E-state index in [1.165, 1.54) is 0 Å². The lowest BCUT2D eigenvalue weighted by atomic mass is 10.1. The van der Waals surface area contributed by atoms with Crippen molar-refractivity contribution in [3.05, 3.63) is 29.3 Å². The van der Waals surface area contributed by atoms with Crippen LogP contribution in [0, 0.1) is 6.92 Å². The number of nitrogens with two attached hydrogens (primary N) is 1. The molecule has 96 valence electrons. The minimum Gasteiger partial charge on any atom is -0.389 e.